The van der Waals surface area contributed by atoms with E-state index < -0.39 is 0 Å². The zero-order valence-corrected chi connectivity index (χ0v) is 10.3. The van der Waals surface area contributed by atoms with Gasteiger partial charge in [0.15, 0.2) is 0 Å². The van der Waals surface area contributed by atoms with E-state index in [9.17, 15) is 0 Å². The molecule has 2 atom stereocenters. The van der Waals surface area contributed by atoms with Gasteiger partial charge in [0.25, 0.3) is 0 Å². The number of nitrogens with two attached hydrogens (primary N) is 1. The van der Waals surface area contributed by atoms with E-state index in [2.05, 4.69) is 23.7 Å². The number of piperidine rings is 1. The molecule has 1 aromatic heterocycles. The summed E-state index contributed by atoms with van der Waals surface area (Å²) in [4.78, 5) is 8.09. The van der Waals surface area contributed by atoms with Gasteiger partial charge in [0.1, 0.15) is 0 Å². The smallest absolute Gasteiger partial charge is 0.0897 e. The molecule has 2 unspecified atom stereocenters. The Bertz CT molecular complexity index is 313. The molecular weight excluding hydrogens is 206 g/mol. The van der Waals surface area contributed by atoms with Crippen molar-refractivity contribution in [3.63, 3.8) is 0 Å². The molecule has 1 fully saturated rings. The van der Waals surface area contributed by atoms with Gasteiger partial charge in [-0.1, -0.05) is 6.92 Å². The fraction of sp³-hybridized carbons (Fsp3) is 0.727. The van der Waals surface area contributed by atoms with Crippen LogP contribution in [0.15, 0.2) is 6.20 Å². The van der Waals surface area contributed by atoms with Crippen molar-refractivity contribution in [1.82, 2.24) is 9.88 Å². The van der Waals surface area contributed by atoms with Crippen LogP contribution < -0.4 is 5.73 Å². The van der Waals surface area contributed by atoms with Crippen molar-refractivity contribution in [3.8, 4) is 0 Å². The van der Waals surface area contributed by atoms with Crippen LogP contribution in [0.5, 0.6) is 0 Å². The summed E-state index contributed by atoms with van der Waals surface area (Å²) in [5.74, 6) is 0.725. The van der Waals surface area contributed by atoms with E-state index in [4.69, 9.17) is 5.73 Å². The second kappa shape index (κ2) is 4.60. The Morgan fingerprint density at radius 3 is 3.00 bits per heavy atom. The van der Waals surface area contributed by atoms with Crippen molar-refractivity contribution in [2.75, 3.05) is 13.1 Å². The van der Waals surface area contributed by atoms with Crippen LogP contribution in [0.2, 0.25) is 0 Å². The zero-order chi connectivity index (χ0) is 10.8. The van der Waals surface area contributed by atoms with Gasteiger partial charge >= 0.3 is 0 Å². The standard InChI is InChI=1S/C11H19N3S/c1-8-3-10(12)6-14(5-8)7-11-4-13-9(2)15-11/h4,8,10H,3,5-7,12H2,1-2H3. The molecule has 2 heterocycles. The number of aryl methyl sites for hydroxylation is 1. The van der Waals surface area contributed by atoms with Gasteiger partial charge in [0.2, 0.25) is 0 Å². The molecule has 0 aromatic carbocycles. The van der Waals surface area contributed by atoms with E-state index in [-0.39, 0.29) is 0 Å². The Labute approximate surface area is 95.3 Å². The van der Waals surface area contributed by atoms with Crippen LogP contribution in [0, 0.1) is 12.8 Å². The van der Waals surface area contributed by atoms with Crippen molar-refractivity contribution in [3.05, 3.63) is 16.1 Å². The summed E-state index contributed by atoms with van der Waals surface area (Å²) in [6.07, 6.45) is 3.16. The predicted octanol–water partition coefficient (Wildman–Crippen LogP) is 1.62. The van der Waals surface area contributed by atoms with Crippen LogP contribution in [-0.2, 0) is 6.54 Å². The van der Waals surface area contributed by atoms with Gasteiger partial charge in [-0.15, -0.1) is 11.3 Å². The van der Waals surface area contributed by atoms with E-state index in [0.29, 0.717) is 6.04 Å². The van der Waals surface area contributed by atoms with Crippen LogP contribution in [-0.4, -0.2) is 29.0 Å². The average Bonchev–Trinajstić information content (AvgIpc) is 2.49. The highest BCUT2D eigenvalue weighted by molar-refractivity contribution is 7.11. The Morgan fingerprint density at radius 2 is 2.40 bits per heavy atom. The second-order valence-corrected chi connectivity index (χ2v) is 5.96. The highest BCUT2D eigenvalue weighted by Gasteiger charge is 2.22. The van der Waals surface area contributed by atoms with Gasteiger partial charge in [-0.2, -0.15) is 0 Å². The monoisotopic (exact) mass is 225 g/mol. The van der Waals surface area contributed by atoms with Crippen LogP contribution >= 0.6 is 11.3 Å². The van der Waals surface area contributed by atoms with Crippen molar-refractivity contribution in [1.29, 1.82) is 0 Å². The summed E-state index contributed by atoms with van der Waals surface area (Å²) in [5, 5.41) is 1.15. The summed E-state index contributed by atoms with van der Waals surface area (Å²) in [5.41, 5.74) is 6.02. The molecule has 1 aliphatic rings. The lowest BCUT2D eigenvalue weighted by Crippen LogP contribution is -2.45. The van der Waals surface area contributed by atoms with Gasteiger partial charge in [-0.3, -0.25) is 4.90 Å². The minimum absolute atomic E-state index is 0.350. The molecule has 3 nitrogen and oxygen atoms in total. The van der Waals surface area contributed by atoms with Crippen LogP contribution in [0.25, 0.3) is 0 Å². The van der Waals surface area contributed by atoms with Crippen molar-refractivity contribution in [2.24, 2.45) is 11.7 Å². The first-order valence-electron chi connectivity index (χ1n) is 5.52. The van der Waals surface area contributed by atoms with E-state index in [1.54, 1.807) is 11.3 Å². The first-order valence-corrected chi connectivity index (χ1v) is 6.34. The SMILES string of the molecule is Cc1ncc(CN2CC(C)CC(N)C2)s1. The lowest BCUT2D eigenvalue weighted by atomic mass is 9.97. The van der Waals surface area contributed by atoms with Gasteiger partial charge in [-0.05, 0) is 19.3 Å². The van der Waals surface area contributed by atoms with Crippen molar-refractivity contribution in [2.45, 2.75) is 32.9 Å². The second-order valence-electron chi connectivity index (χ2n) is 4.64. The third-order valence-corrected chi connectivity index (χ3v) is 3.71. The molecule has 2 N–H and O–H groups in total. The van der Waals surface area contributed by atoms with Crippen molar-refractivity contribution >= 4 is 11.3 Å². The third kappa shape index (κ3) is 3.00. The molecule has 0 aliphatic carbocycles. The molecule has 84 valence electrons. The highest BCUT2D eigenvalue weighted by atomic mass is 32.1. The van der Waals surface area contributed by atoms with E-state index in [1.807, 2.05) is 6.20 Å². The van der Waals surface area contributed by atoms with Crippen LogP contribution in [0.4, 0.5) is 0 Å². The Kier molecular flexibility index (Phi) is 3.38. The minimum atomic E-state index is 0.350. The first-order chi connectivity index (χ1) is 7.13. The predicted molar refractivity (Wildman–Crippen MR) is 63.9 cm³/mol. The number of hydrogen-bond acceptors (Lipinski definition) is 4. The Morgan fingerprint density at radius 1 is 1.60 bits per heavy atom. The highest BCUT2D eigenvalue weighted by Crippen LogP contribution is 2.19. The minimum Gasteiger partial charge on any atom is -0.327 e. The first kappa shape index (κ1) is 11.0. The molecule has 0 bridgehead atoms. The average molecular weight is 225 g/mol. The molecule has 1 aromatic rings. The van der Waals surface area contributed by atoms with E-state index >= 15 is 0 Å². The zero-order valence-electron chi connectivity index (χ0n) is 9.44. The molecule has 0 spiro atoms. The number of nitrogens with zero attached hydrogens (tertiary/aromatic N) is 2. The third-order valence-electron chi connectivity index (χ3n) is 2.82. The fourth-order valence-corrected chi connectivity index (χ4v) is 3.18. The molecule has 0 saturated carbocycles. The largest absolute Gasteiger partial charge is 0.327 e. The summed E-state index contributed by atoms with van der Waals surface area (Å²) < 4.78 is 0. The van der Waals surface area contributed by atoms with Gasteiger partial charge in [-0.25, -0.2) is 4.98 Å². The van der Waals surface area contributed by atoms with Crippen molar-refractivity contribution < 1.29 is 0 Å². The summed E-state index contributed by atoms with van der Waals surface area (Å²) in [7, 11) is 0. The molecule has 2 rings (SSSR count). The Hall–Kier alpha value is -0.450. The maximum Gasteiger partial charge on any atom is 0.0897 e. The number of rotatable bonds is 2. The maximum atomic E-state index is 6.02. The van der Waals surface area contributed by atoms with E-state index in [0.717, 1.165) is 30.4 Å². The number of thiazole rings is 1. The lowest BCUT2D eigenvalue weighted by molar-refractivity contribution is 0.159. The topological polar surface area (TPSA) is 42.2 Å². The number of likely N-dealkylation sites (tertiary alicyclic amines) is 1. The number of hydrogen-bond donors (Lipinski definition) is 1. The normalized spacial score (nSPS) is 28.2. The molecule has 1 saturated heterocycles. The molecule has 0 amide bonds. The maximum absolute atomic E-state index is 6.02. The molecule has 4 heteroatoms. The number of aromatic nitrogens is 1. The summed E-state index contributed by atoms with van der Waals surface area (Å²) in [6, 6.07) is 0.350. The molecule has 1 aliphatic heterocycles. The van der Waals surface area contributed by atoms with Gasteiger partial charge < -0.3 is 5.73 Å². The van der Waals surface area contributed by atoms with Gasteiger partial charge in [0, 0.05) is 36.8 Å². The summed E-state index contributed by atoms with van der Waals surface area (Å²) >= 11 is 1.79. The van der Waals surface area contributed by atoms with Crippen LogP contribution in [0.3, 0.4) is 0 Å². The quantitative estimate of drug-likeness (QED) is 0.831. The molecule has 15 heavy (non-hydrogen) atoms. The molecular formula is C11H19N3S. The Balaban J connectivity index is 1.94. The summed E-state index contributed by atoms with van der Waals surface area (Å²) in [6.45, 7) is 7.55. The van der Waals surface area contributed by atoms with Gasteiger partial charge in [0.05, 0.1) is 5.01 Å². The lowest BCUT2D eigenvalue weighted by Gasteiger charge is -2.34. The molecule has 0 radical (unpaired) electrons. The van der Waals surface area contributed by atoms with Crippen LogP contribution in [0.1, 0.15) is 23.2 Å². The van der Waals surface area contributed by atoms with E-state index in [1.165, 1.54) is 11.4 Å². The fourth-order valence-electron chi connectivity index (χ4n) is 2.34.